The average molecular weight is 374 g/mol. The van der Waals surface area contributed by atoms with Crippen LogP contribution in [0.1, 0.15) is 30.9 Å². The van der Waals surface area contributed by atoms with Gasteiger partial charge in [0.25, 0.3) is 0 Å². The van der Waals surface area contributed by atoms with Crippen molar-refractivity contribution in [2.24, 2.45) is 0 Å². The van der Waals surface area contributed by atoms with Crippen LogP contribution in [0.2, 0.25) is 0 Å². The predicted molar refractivity (Wildman–Crippen MR) is 97.3 cm³/mol. The Morgan fingerprint density at radius 1 is 0.783 bits per heavy atom. The number of halogens is 3. The molecule has 23 heavy (non-hydrogen) atoms. The third-order valence-electron chi connectivity index (χ3n) is 3.36. The molecule has 124 valence electrons. The lowest BCUT2D eigenvalue weighted by molar-refractivity contribution is 0.242. The monoisotopic (exact) mass is 372 g/mol. The summed E-state index contributed by atoms with van der Waals surface area (Å²) in [6.07, 6.45) is 0.117. The van der Waals surface area contributed by atoms with E-state index in [4.69, 9.17) is 44.3 Å². The van der Waals surface area contributed by atoms with Crippen LogP contribution in [0.15, 0.2) is 48.5 Å². The first-order valence-electron chi connectivity index (χ1n) is 7.28. The minimum atomic E-state index is -1.46. The second-order valence-electron chi connectivity index (χ2n) is 5.48. The molecule has 0 aliphatic heterocycles. The Kier molecular flexibility index (Phi) is 6.07. The molecular formula is C18H19Cl3O2. The van der Waals surface area contributed by atoms with Crippen molar-refractivity contribution in [1.29, 1.82) is 0 Å². The fraction of sp³-hybridized carbons (Fsp3) is 0.333. The van der Waals surface area contributed by atoms with Crippen LogP contribution in [0.25, 0.3) is 0 Å². The van der Waals surface area contributed by atoms with Gasteiger partial charge in [0, 0.05) is 0 Å². The van der Waals surface area contributed by atoms with Gasteiger partial charge in [-0.15, -0.1) is 0 Å². The lowest BCUT2D eigenvalue weighted by Crippen LogP contribution is -2.18. The third-order valence-corrected chi connectivity index (χ3v) is 4.02. The van der Waals surface area contributed by atoms with Crippen LogP contribution < -0.4 is 9.47 Å². The molecule has 0 N–H and O–H groups in total. The van der Waals surface area contributed by atoms with E-state index < -0.39 is 3.79 Å². The van der Waals surface area contributed by atoms with Crippen molar-refractivity contribution in [2.45, 2.75) is 29.7 Å². The molecule has 2 rings (SSSR count). The molecule has 0 aliphatic rings. The Balaban J connectivity index is 2.35. The van der Waals surface area contributed by atoms with E-state index in [9.17, 15) is 0 Å². The largest absolute Gasteiger partial charge is 0.497 e. The van der Waals surface area contributed by atoms with Crippen molar-refractivity contribution < 1.29 is 9.47 Å². The zero-order chi connectivity index (χ0) is 17.0. The minimum Gasteiger partial charge on any atom is -0.497 e. The van der Waals surface area contributed by atoms with E-state index in [2.05, 4.69) is 0 Å². The highest BCUT2D eigenvalue weighted by molar-refractivity contribution is 6.68. The number of hydrogen-bond acceptors (Lipinski definition) is 2. The van der Waals surface area contributed by atoms with E-state index in [0.29, 0.717) is 0 Å². The van der Waals surface area contributed by atoms with E-state index >= 15 is 0 Å². The Morgan fingerprint density at radius 3 is 1.57 bits per heavy atom. The molecule has 0 radical (unpaired) electrons. The summed E-state index contributed by atoms with van der Waals surface area (Å²) in [4.78, 5) is 0. The van der Waals surface area contributed by atoms with E-state index in [1.54, 1.807) is 7.11 Å². The minimum absolute atomic E-state index is 0.117. The molecular weight excluding hydrogens is 355 g/mol. The van der Waals surface area contributed by atoms with Crippen molar-refractivity contribution >= 4 is 34.8 Å². The lowest BCUT2D eigenvalue weighted by atomic mass is 9.92. The van der Waals surface area contributed by atoms with E-state index in [0.717, 1.165) is 22.6 Å². The topological polar surface area (TPSA) is 18.5 Å². The van der Waals surface area contributed by atoms with Gasteiger partial charge >= 0.3 is 0 Å². The van der Waals surface area contributed by atoms with E-state index in [-0.39, 0.29) is 12.0 Å². The zero-order valence-corrected chi connectivity index (χ0v) is 15.5. The van der Waals surface area contributed by atoms with Crippen LogP contribution in [0.4, 0.5) is 0 Å². The number of hydrogen-bond donors (Lipinski definition) is 0. The molecule has 0 aromatic heterocycles. The summed E-state index contributed by atoms with van der Waals surface area (Å²) < 4.78 is 9.37. The summed E-state index contributed by atoms with van der Waals surface area (Å²) in [6, 6.07) is 15.2. The van der Waals surface area contributed by atoms with Crippen LogP contribution in [0.5, 0.6) is 11.5 Å². The number of rotatable bonds is 5. The Morgan fingerprint density at radius 2 is 1.22 bits per heavy atom. The van der Waals surface area contributed by atoms with Crippen molar-refractivity contribution in [2.75, 3.05) is 7.11 Å². The molecule has 0 saturated carbocycles. The molecule has 0 heterocycles. The number of methoxy groups -OCH3 is 1. The molecule has 1 atom stereocenters. The molecule has 0 amide bonds. The first-order valence-corrected chi connectivity index (χ1v) is 8.42. The fourth-order valence-electron chi connectivity index (χ4n) is 2.38. The van der Waals surface area contributed by atoms with Gasteiger partial charge < -0.3 is 9.47 Å². The smallest absolute Gasteiger partial charge is 0.201 e. The maximum Gasteiger partial charge on any atom is 0.201 e. The molecule has 0 aliphatic carbocycles. The molecule has 0 bridgehead atoms. The predicted octanol–water partition coefficient (Wildman–Crippen LogP) is 5.98. The molecule has 1 unspecified atom stereocenters. The number of ether oxygens (including phenoxy) is 2. The summed E-state index contributed by atoms with van der Waals surface area (Å²) >= 11 is 18.7. The summed E-state index contributed by atoms with van der Waals surface area (Å²) in [6.45, 7) is 3.96. The van der Waals surface area contributed by atoms with Crippen molar-refractivity contribution in [3.8, 4) is 11.5 Å². The summed E-state index contributed by atoms with van der Waals surface area (Å²) in [5.74, 6) is 1.17. The SMILES string of the molecule is COc1ccc(C(c2ccc(OC(C)C)cc2)C(Cl)(Cl)Cl)cc1. The van der Waals surface area contributed by atoms with Gasteiger partial charge in [-0.1, -0.05) is 59.1 Å². The highest BCUT2D eigenvalue weighted by Crippen LogP contribution is 2.46. The normalized spacial score (nSPS) is 13.0. The Hall–Kier alpha value is -1.09. The average Bonchev–Trinajstić information content (AvgIpc) is 2.48. The number of alkyl halides is 3. The van der Waals surface area contributed by atoms with Crippen LogP contribution in [-0.2, 0) is 0 Å². The Bertz CT molecular complexity index is 616. The van der Waals surface area contributed by atoms with Gasteiger partial charge in [-0.3, -0.25) is 0 Å². The summed E-state index contributed by atoms with van der Waals surface area (Å²) in [5, 5.41) is 0. The van der Waals surface area contributed by atoms with Gasteiger partial charge in [0.15, 0.2) is 0 Å². The van der Waals surface area contributed by atoms with Crippen molar-refractivity contribution in [3.63, 3.8) is 0 Å². The highest BCUT2D eigenvalue weighted by Gasteiger charge is 2.35. The van der Waals surface area contributed by atoms with Gasteiger partial charge in [0.1, 0.15) is 11.5 Å². The first kappa shape index (κ1) is 18.3. The fourth-order valence-corrected chi connectivity index (χ4v) is 3.13. The van der Waals surface area contributed by atoms with Crippen LogP contribution in [0, 0.1) is 0 Å². The molecule has 0 fully saturated rings. The van der Waals surface area contributed by atoms with Crippen molar-refractivity contribution in [3.05, 3.63) is 59.7 Å². The lowest BCUT2D eigenvalue weighted by Gasteiger charge is -2.26. The van der Waals surface area contributed by atoms with Gasteiger partial charge in [-0.05, 0) is 49.2 Å². The number of benzene rings is 2. The maximum absolute atomic E-state index is 6.23. The van der Waals surface area contributed by atoms with Crippen LogP contribution >= 0.6 is 34.8 Å². The van der Waals surface area contributed by atoms with Gasteiger partial charge in [-0.2, -0.15) is 0 Å². The van der Waals surface area contributed by atoms with Gasteiger partial charge in [0.05, 0.1) is 19.1 Å². The van der Waals surface area contributed by atoms with Crippen LogP contribution in [0.3, 0.4) is 0 Å². The van der Waals surface area contributed by atoms with Gasteiger partial charge in [0.2, 0.25) is 3.79 Å². The molecule has 2 aromatic rings. The molecule has 5 heteroatoms. The quantitative estimate of drug-likeness (QED) is 0.600. The summed E-state index contributed by atoms with van der Waals surface area (Å²) in [5.41, 5.74) is 1.81. The van der Waals surface area contributed by atoms with Crippen LogP contribution in [-0.4, -0.2) is 17.0 Å². The Labute approximate surface area is 152 Å². The molecule has 0 saturated heterocycles. The zero-order valence-electron chi connectivity index (χ0n) is 13.2. The molecule has 0 spiro atoms. The molecule has 2 aromatic carbocycles. The summed E-state index contributed by atoms with van der Waals surface area (Å²) in [7, 11) is 1.62. The standard InChI is InChI=1S/C18H19Cl3O2/c1-12(2)23-16-10-6-14(7-11-16)17(18(19,20)21)13-4-8-15(22-3)9-5-13/h4-12,17H,1-3H3. The maximum atomic E-state index is 6.23. The van der Waals surface area contributed by atoms with Crippen molar-refractivity contribution in [1.82, 2.24) is 0 Å². The third kappa shape index (κ3) is 4.94. The highest BCUT2D eigenvalue weighted by atomic mass is 35.6. The first-order chi connectivity index (χ1) is 10.8. The second-order valence-corrected chi connectivity index (χ2v) is 7.85. The van der Waals surface area contributed by atoms with Gasteiger partial charge in [-0.25, -0.2) is 0 Å². The molecule has 2 nitrogen and oxygen atoms in total. The van der Waals surface area contributed by atoms with E-state index in [1.165, 1.54) is 0 Å². The van der Waals surface area contributed by atoms with E-state index in [1.807, 2.05) is 62.4 Å². The second kappa shape index (κ2) is 7.65.